The standard InChI is InChI=1S/C18H18ClO2.BrH.Mg/c19-18-4-2-1-3-15(18)13-14-5-7-16(8-6-14)20-11-12-21-17-9-10-17;;/h2-8,17H,9-13H2;1H;/q-1;;+2/p-1. The topological polar surface area (TPSA) is 18.5 Å². The molecule has 0 atom stereocenters. The van der Waals surface area contributed by atoms with Crippen molar-refractivity contribution in [3.63, 3.8) is 0 Å². The number of benzene rings is 2. The zero-order chi connectivity index (χ0) is 14.5. The van der Waals surface area contributed by atoms with Crippen LogP contribution < -0.4 is 21.7 Å². The fourth-order valence-electron chi connectivity index (χ4n) is 2.11. The Bertz CT molecular complexity index is 588. The molecule has 0 aromatic heterocycles. The van der Waals surface area contributed by atoms with Crippen LogP contribution in [0.15, 0.2) is 42.5 Å². The average molecular weight is 406 g/mol. The van der Waals surface area contributed by atoms with Crippen LogP contribution >= 0.6 is 11.6 Å². The van der Waals surface area contributed by atoms with Crippen molar-refractivity contribution in [3.8, 4) is 5.75 Å². The molecule has 0 heterocycles. The molecule has 0 spiro atoms. The molecule has 1 saturated carbocycles. The summed E-state index contributed by atoms with van der Waals surface area (Å²) in [5, 5.41) is 0.784. The van der Waals surface area contributed by atoms with Gasteiger partial charge in [-0.3, -0.25) is 0 Å². The van der Waals surface area contributed by atoms with Crippen LogP contribution in [0, 0.1) is 6.07 Å². The Morgan fingerprint density at radius 3 is 2.48 bits per heavy atom. The van der Waals surface area contributed by atoms with E-state index in [-0.39, 0.29) is 40.0 Å². The van der Waals surface area contributed by atoms with E-state index < -0.39 is 0 Å². The van der Waals surface area contributed by atoms with Gasteiger partial charge in [0.05, 0.1) is 12.7 Å². The summed E-state index contributed by atoms with van der Waals surface area (Å²) in [5.41, 5.74) is 2.30. The normalized spacial score (nSPS) is 12.9. The minimum Gasteiger partial charge on any atom is -1.00 e. The van der Waals surface area contributed by atoms with Crippen molar-refractivity contribution in [2.45, 2.75) is 25.4 Å². The zero-order valence-electron chi connectivity index (χ0n) is 12.9. The number of hydrogen-bond acceptors (Lipinski definition) is 2. The summed E-state index contributed by atoms with van der Waals surface area (Å²) in [6, 6.07) is 16.8. The van der Waals surface area contributed by atoms with Crippen molar-refractivity contribution in [3.05, 3.63) is 64.7 Å². The van der Waals surface area contributed by atoms with Crippen LogP contribution in [-0.2, 0) is 11.2 Å². The van der Waals surface area contributed by atoms with Crippen molar-refractivity contribution in [1.29, 1.82) is 0 Å². The van der Waals surface area contributed by atoms with Gasteiger partial charge in [0.1, 0.15) is 12.4 Å². The van der Waals surface area contributed by atoms with E-state index in [0.29, 0.717) is 19.3 Å². The van der Waals surface area contributed by atoms with Crippen molar-refractivity contribution >= 4 is 34.7 Å². The van der Waals surface area contributed by atoms with Crippen molar-refractivity contribution in [2.75, 3.05) is 13.2 Å². The van der Waals surface area contributed by atoms with Gasteiger partial charge >= 0.3 is 23.1 Å². The number of ether oxygens (including phenoxy) is 2. The van der Waals surface area contributed by atoms with Crippen molar-refractivity contribution < 1.29 is 26.5 Å². The second-order valence-electron chi connectivity index (χ2n) is 5.26. The first-order valence-corrected chi connectivity index (χ1v) is 7.67. The van der Waals surface area contributed by atoms with Crippen LogP contribution in [0.2, 0.25) is 5.02 Å². The SMILES string of the molecule is Clc1cc[c-]cc1Cc1ccc(OCCOC2CC2)cc1.[Br-].[Mg+2]. The summed E-state index contributed by atoms with van der Waals surface area (Å²) in [6.07, 6.45) is 3.70. The van der Waals surface area contributed by atoms with Gasteiger partial charge in [0, 0.05) is 0 Å². The van der Waals surface area contributed by atoms with Crippen molar-refractivity contribution in [2.24, 2.45) is 0 Å². The fraction of sp³-hybridized carbons (Fsp3) is 0.333. The molecular weight excluding hydrogens is 388 g/mol. The van der Waals surface area contributed by atoms with Gasteiger partial charge < -0.3 is 26.5 Å². The Hall–Kier alpha value is -0.264. The third-order valence-electron chi connectivity index (χ3n) is 3.44. The Labute approximate surface area is 169 Å². The second kappa shape index (κ2) is 10.6. The van der Waals surface area contributed by atoms with Crippen LogP contribution in [0.1, 0.15) is 24.0 Å². The van der Waals surface area contributed by atoms with Crippen molar-refractivity contribution in [1.82, 2.24) is 0 Å². The van der Waals surface area contributed by atoms with Gasteiger partial charge in [-0.1, -0.05) is 22.7 Å². The zero-order valence-corrected chi connectivity index (χ0v) is 16.7. The van der Waals surface area contributed by atoms with E-state index in [0.717, 1.165) is 22.8 Å². The molecule has 0 radical (unpaired) electrons. The molecule has 0 N–H and O–H groups in total. The summed E-state index contributed by atoms with van der Waals surface area (Å²) >= 11 is 6.16. The third-order valence-corrected chi connectivity index (χ3v) is 3.81. The second-order valence-corrected chi connectivity index (χ2v) is 5.66. The van der Waals surface area contributed by atoms with E-state index in [1.807, 2.05) is 30.3 Å². The first kappa shape index (κ1) is 20.8. The predicted octanol–water partition coefficient (Wildman–Crippen LogP) is 0.912. The van der Waals surface area contributed by atoms with E-state index in [1.165, 1.54) is 18.4 Å². The van der Waals surface area contributed by atoms with Gasteiger partial charge in [0.25, 0.3) is 0 Å². The number of halogens is 2. The molecule has 0 aliphatic heterocycles. The van der Waals surface area contributed by atoms with Crippen LogP contribution in [0.25, 0.3) is 0 Å². The van der Waals surface area contributed by atoms with E-state index in [9.17, 15) is 0 Å². The third kappa shape index (κ3) is 7.02. The molecular formula is C18H18BrClMgO2. The summed E-state index contributed by atoms with van der Waals surface area (Å²) in [4.78, 5) is 0. The van der Waals surface area contributed by atoms with Crippen LogP contribution in [0.4, 0.5) is 0 Å². The molecule has 2 aromatic carbocycles. The summed E-state index contributed by atoms with van der Waals surface area (Å²) < 4.78 is 11.2. The number of rotatable bonds is 7. The first-order chi connectivity index (χ1) is 10.3. The molecule has 0 amide bonds. The Morgan fingerprint density at radius 1 is 1.09 bits per heavy atom. The van der Waals surface area contributed by atoms with Gasteiger partial charge in [0.2, 0.25) is 0 Å². The van der Waals surface area contributed by atoms with Gasteiger partial charge in [-0.25, -0.2) is 0 Å². The Balaban J connectivity index is 0.00000132. The smallest absolute Gasteiger partial charge is 1.00 e. The summed E-state index contributed by atoms with van der Waals surface area (Å²) in [7, 11) is 0. The molecule has 1 aliphatic rings. The minimum atomic E-state index is 0. The number of hydrogen-bond donors (Lipinski definition) is 0. The molecule has 3 rings (SSSR count). The molecule has 1 fully saturated rings. The molecule has 0 bridgehead atoms. The van der Waals surface area contributed by atoms with Gasteiger partial charge in [-0.15, -0.1) is 17.2 Å². The quantitative estimate of drug-likeness (QED) is 0.387. The van der Waals surface area contributed by atoms with Crippen LogP contribution in [0.5, 0.6) is 5.75 Å². The summed E-state index contributed by atoms with van der Waals surface area (Å²) in [5.74, 6) is 0.879. The van der Waals surface area contributed by atoms with E-state index in [2.05, 4.69) is 18.2 Å². The fourth-order valence-corrected chi connectivity index (χ4v) is 2.30. The molecule has 1 aliphatic carbocycles. The molecule has 5 heteroatoms. The van der Waals surface area contributed by atoms with Crippen LogP contribution in [-0.4, -0.2) is 42.4 Å². The maximum atomic E-state index is 6.16. The van der Waals surface area contributed by atoms with Gasteiger partial charge in [-0.05, 0) is 31.4 Å². The first-order valence-electron chi connectivity index (χ1n) is 7.29. The monoisotopic (exact) mass is 404 g/mol. The molecule has 2 nitrogen and oxygen atoms in total. The predicted molar refractivity (Wildman–Crippen MR) is 89.8 cm³/mol. The van der Waals surface area contributed by atoms with Gasteiger partial charge in [-0.2, -0.15) is 24.3 Å². The maximum absolute atomic E-state index is 6.16. The van der Waals surface area contributed by atoms with E-state index >= 15 is 0 Å². The Kier molecular flexibility index (Phi) is 9.55. The average Bonchev–Trinajstić information content (AvgIpc) is 3.32. The van der Waals surface area contributed by atoms with E-state index in [1.54, 1.807) is 0 Å². The molecule has 118 valence electrons. The molecule has 0 saturated heterocycles. The summed E-state index contributed by atoms with van der Waals surface area (Å²) in [6.45, 7) is 1.27. The van der Waals surface area contributed by atoms with Gasteiger partial charge in [0.15, 0.2) is 0 Å². The Morgan fingerprint density at radius 2 is 1.83 bits per heavy atom. The van der Waals surface area contributed by atoms with Crippen LogP contribution in [0.3, 0.4) is 0 Å². The molecule has 23 heavy (non-hydrogen) atoms. The minimum absolute atomic E-state index is 0. The van der Waals surface area contributed by atoms with E-state index in [4.69, 9.17) is 21.1 Å². The molecule has 2 aromatic rings. The largest absolute Gasteiger partial charge is 2.00 e. The molecule has 0 unspecified atom stereocenters. The maximum Gasteiger partial charge on any atom is 2.00 e.